The highest BCUT2D eigenvalue weighted by molar-refractivity contribution is 6.07. The van der Waals surface area contributed by atoms with Crippen molar-refractivity contribution in [2.24, 2.45) is 0 Å². The molecular weight excluding hydrogens is 192 g/mol. The summed E-state index contributed by atoms with van der Waals surface area (Å²) in [5.74, 6) is -0.304. The van der Waals surface area contributed by atoms with Crippen molar-refractivity contribution in [3.05, 3.63) is 35.4 Å². The molecule has 0 bridgehead atoms. The van der Waals surface area contributed by atoms with Crippen molar-refractivity contribution < 1.29 is 9.59 Å². The number of aryl methyl sites for hydroxylation is 1. The van der Waals surface area contributed by atoms with Crippen LogP contribution >= 0.6 is 0 Å². The van der Waals surface area contributed by atoms with Gasteiger partial charge >= 0.3 is 6.03 Å². The smallest absolute Gasteiger partial charge is 0.320 e. The lowest BCUT2D eigenvalue weighted by molar-refractivity contribution is -0.123. The minimum Gasteiger partial charge on any atom is -0.320 e. The van der Waals surface area contributed by atoms with Gasteiger partial charge in [-0.3, -0.25) is 10.1 Å². The van der Waals surface area contributed by atoms with E-state index in [1.54, 1.807) is 6.92 Å². The highest BCUT2D eigenvalue weighted by Crippen LogP contribution is 2.26. The van der Waals surface area contributed by atoms with E-state index in [0.29, 0.717) is 0 Å². The first kappa shape index (κ1) is 9.71. The Bertz CT molecular complexity index is 442. The molecule has 0 unspecified atom stereocenters. The minimum absolute atomic E-state index is 0.304. The maximum Gasteiger partial charge on any atom is 0.322 e. The van der Waals surface area contributed by atoms with E-state index in [9.17, 15) is 9.59 Å². The summed E-state index contributed by atoms with van der Waals surface area (Å²) >= 11 is 0. The molecule has 0 aromatic heterocycles. The van der Waals surface area contributed by atoms with Crippen LogP contribution in [0.5, 0.6) is 0 Å². The monoisotopic (exact) mass is 204 g/mol. The van der Waals surface area contributed by atoms with Crippen LogP contribution in [0.15, 0.2) is 24.3 Å². The van der Waals surface area contributed by atoms with Gasteiger partial charge in [0.1, 0.15) is 5.54 Å². The Kier molecular flexibility index (Phi) is 2.00. The summed E-state index contributed by atoms with van der Waals surface area (Å²) in [5, 5.41) is 4.88. The molecule has 3 amide bonds. The van der Waals surface area contributed by atoms with Gasteiger partial charge in [0.05, 0.1) is 0 Å². The van der Waals surface area contributed by atoms with Gasteiger partial charge in [-0.15, -0.1) is 0 Å². The number of hydrogen-bond donors (Lipinski definition) is 2. The van der Waals surface area contributed by atoms with Crippen LogP contribution in [0.25, 0.3) is 0 Å². The maximum absolute atomic E-state index is 11.7. The standard InChI is InChI=1S/C11H12N2O2/c1-7-5-3-4-6-8(7)11(2)9(14)12-10(15)13-11/h3-6H,1-2H3,(H2,12,13,14,15)/t11-/m0/s1. The van der Waals surface area contributed by atoms with E-state index in [-0.39, 0.29) is 5.91 Å². The Hall–Kier alpha value is -1.84. The third-order valence-corrected chi connectivity index (χ3v) is 2.73. The van der Waals surface area contributed by atoms with Gasteiger partial charge in [0.25, 0.3) is 5.91 Å². The van der Waals surface area contributed by atoms with E-state index in [2.05, 4.69) is 10.6 Å². The second-order valence-electron chi connectivity index (χ2n) is 3.85. The summed E-state index contributed by atoms with van der Waals surface area (Å²) in [4.78, 5) is 22.8. The van der Waals surface area contributed by atoms with Crippen LogP contribution in [0.3, 0.4) is 0 Å². The first-order valence-corrected chi connectivity index (χ1v) is 4.74. The normalized spacial score (nSPS) is 24.9. The third-order valence-electron chi connectivity index (χ3n) is 2.73. The fourth-order valence-corrected chi connectivity index (χ4v) is 1.87. The molecule has 0 aliphatic carbocycles. The van der Waals surface area contributed by atoms with Gasteiger partial charge in [-0.25, -0.2) is 4.79 Å². The molecule has 1 saturated heterocycles. The first-order chi connectivity index (χ1) is 7.04. The topological polar surface area (TPSA) is 58.2 Å². The van der Waals surface area contributed by atoms with Crippen molar-refractivity contribution in [2.75, 3.05) is 0 Å². The molecule has 1 fully saturated rings. The summed E-state index contributed by atoms with van der Waals surface area (Å²) < 4.78 is 0. The maximum atomic E-state index is 11.7. The van der Waals surface area contributed by atoms with Crippen molar-refractivity contribution in [3.8, 4) is 0 Å². The summed E-state index contributed by atoms with van der Waals surface area (Å²) in [6.07, 6.45) is 0. The molecule has 78 valence electrons. The average Bonchev–Trinajstić information content (AvgIpc) is 2.42. The lowest BCUT2D eigenvalue weighted by Crippen LogP contribution is -2.41. The van der Waals surface area contributed by atoms with E-state index in [0.717, 1.165) is 11.1 Å². The van der Waals surface area contributed by atoms with Crippen molar-refractivity contribution >= 4 is 11.9 Å². The van der Waals surface area contributed by atoms with Gasteiger partial charge in [-0.2, -0.15) is 0 Å². The fraction of sp³-hybridized carbons (Fsp3) is 0.273. The van der Waals surface area contributed by atoms with E-state index < -0.39 is 11.6 Å². The molecule has 1 heterocycles. The van der Waals surface area contributed by atoms with Crippen molar-refractivity contribution in [2.45, 2.75) is 19.4 Å². The number of urea groups is 1. The third kappa shape index (κ3) is 1.38. The zero-order chi connectivity index (χ0) is 11.1. The van der Waals surface area contributed by atoms with Crippen LogP contribution in [0.4, 0.5) is 4.79 Å². The summed E-state index contributed by atoms with van der Waals surface area (Å²) in [6, 6.07) is 7.08. The predicted octanol–water partition coefficient (Wildman–Crippen LogP) is 1.05. The molecule has 0 radical (unpaired) electrons. The minimum atomic E-state index is -0.942. The Balaban J connectivity index is 2.51. The SMILES string of the molecule is Cc1ccccc1[C@]1(C)NC(=O)NC1=O. The van der Waals surface area contributed by atoms with Gasteiger partial charge in [-0.1, -0.05) is 24.3 Å². The van der Waals surface area contributed by atoms with Crippen molar-refractivity contribution in [3.63, 3.8) is 0 Å². The summed E-state index contributed by atoms with van der Waals surface area (Å²) in [5.41, 5.74) is 0.869. The van der Waals surface area contributed by atoms with Gasteiger partial charge in [0.15, 0.2) is 0 Å². The number of amides is 3. The molecule has 0 saturated carbocycles. The molecule has 4 nitrogen and oxygen atoms in total. The Morgan fingerprint density at radius 2 is 1.87 bits per heavy atom. The highest BCUT2D eigenvalue weighted by Gasteiger charge is 2.43. The number of imide groups is 1. The molecule has 0 spiro atoms. The zero-order valence-corrected chi connectivity index (χ0v) is 8.63. The van der Waals surface area contributed by atoms with Gasteiger partial charge in [0.2, 0.25) is 0 Å². The largest absolute Gasteiger partial charge is 0.322 e. The van der Waals surface area contributed by atoms with Crippen molar-refractivity contribution in [1.82, 2.24) is 10.6 Å². The number of nitrogens with one attached hydrogen (secondary N) is 2. The molecule has 4 heteroatoms. The predicted molar refractivity (Wildman–Crippen MR) is 55.2 cm³/mol. The van der Waals surface area contributed by atoms with E-state index in [4.69, 9.17) is 0 Å². The Labute approximate surface area is 87.7 Å². The van der Waals surface area contributed by atoms with E-state index in [1.165, 1.54) is 0 Å². The van der Waals surface area contributed by atoms with Crippen LogP contribution in [0.1, 0.15) is 18.1 Å². The molecule has 1 aliphatic rings. The van der Waals surface area contributed by atoms with Crippen LogP contribution in [0.2, 0.25) is 0 Å². The van der Waals surface area contributed by atoms with E-state index in [1.807, 2.05) is 31.2 Å². The lowest BCUT2D eigenvalue weighted by Gasteiger charge is -2.22. The van der Waals surface area contributed by atoms with Gasteiger partial charge in [0, 0.05) is 0 Å². The van der Waals surface area contributed by atoms with Crippen LogP contribution in [-0.4, -0.2) is 11.9 Å². The van der Waals surface area contributed by atoms with Crippen LogP contribution in [0, 0.1) is 6.92 Å². The molecular formula is C11H12N2O2. The quantitative estimate of drug-likeness (QED) is 0.672. The molecule has 1 atom stereocenters. The molecule has 1 aromatic carbocycles. The van der Waals surface area contributed by atoms with Crippen LogP contribution < -0.4 is 10.6 Å². The molecule has 2 N–H and O–H groups in total. The summed E-state index contributed by atoms with van der Waals surface area (Å²) in [7, 11) is 0. The number of carbonyl (C=O) groups is 2. The number of rotatable bonds is 1. The molecule has 1 aromatic rings. The Morgan fingerprint density at radius 1 is 1.20 bits per heavy atom. The highest BCUT2D eigenvalue weighted by atomic mass is 16.2. The van der Waals surface area contributed by atoms with Gasteiger partial charge < -0.3 is 5.32 Å². The first-order valence-electron chi connectivity index (χ1n) is 4.74. The molecule has 1 aliphatic heterocycles. The van der Waals surface area contributed by atoms with E-state index >= 15 is 0 Å². The fourth-order valence-electron chi connectivity index (χ4n) is 1.87. The second-order valence-corrected chi connectivity index (χ2v) is 3.85. The number of hydrogen-bond acceptors (Lipinski definition) is 2. The number of carbonyl (C=O) groups excluding carboxylic acids is 2. The zero-order valence-electron chi connectivity index (χ0n) is 8.63. The second kappa shape index (κ2) is 3.08. The lowest BCUT2D eigenvalue weighted by atomic mass is 9.89. The summed E-state index contributed by atoms with van der Waals surface area (Å²) in [6.45, 7) is 3.62. The molecule has 2 rings (SSSR count). The van der Waals surface area contributed by atoms with Gasteiger partial charge in [-0.05, 0) is 25.0 Å². The Morgan fingerprint density at radius 3 is 2.40 bits per heavy atom. The van der Waals surface area contributed by atoms with Crippen LogP contribution in [-0.2, 0) is 10.3 Å². The number of benzene rings is 1. The van der Waals surface area contributed by atoms with Crippen molar-refractivity contribution in [1.29, 1.82) is 0 Å². The molecule has 15 heavy (non-hydrogen) atoms. The average molecular weight is 204 g/mol.